The maximum atomic E-state index is 4.55. The predicted octanol–water partition coefficient (Wildman–Crippen LogP) is 3.25. The molecule has 1 N–H and O–H groups in total. The molecule has 0 spiro atoms. The Hall–Kier alpha value is -0.830. The van der Waals surface area contributed by atoms with E-state index in [4.69, 9.17) is 0 Å². The van der Waals surface area contributed by atoms with E-state index in [0.29, 0.717) is 6.04 Å². The minimum Gasteiger partial charge on any atom is -0.335 e. The highest BCUT2D eigenvalue weighted by molar-refractivity contribution is 4.98. The number of nitrogens with one attached hydrogen (secondary N) is 1. The number of aromatic nitrogens is 2. The van der Waals surface area contributed by atoms with Crippen molar-refractivity contribution in [3.05, 3.63) is 18.2 Å². The first-order valence-electron chi connectivity index (χ1n) is 7.98. The SMILES string of the molecule is CCCNC(Cc1nccn1CC)C1CCC(C)C1. The van der Waals surface area contributed by atoms with E-state index < -0.39 is 0 Å². The smallest absolute Gasteiger partial charge is 0.110 e. The van der Waals surface area contributed by atoms with Gasteiger partial charge in [0, 0.05) is 31.4 Å². The largest absolute Gasteiger partial charge is 0.335 e. The molecule has 0 amide bonds. The summed E-state index contributed by atoms with van der Waals surface area (Å²) in [6, 6.07) is 0.609. The normalized spacial score (nSPS) is 24.8. The van der Waals surface area contributed by atoms with Crippen LogP contribution in [0.5, 0.6) is 0 Å². The summed E-state index contributed by atoms with van der Waals surface area (Å²) in [6.45, 7) is 8.98. The molecule has 0 bridgehead atoms. The van der Waals surface area contributed by atoms with E-state index in [1.807, 2.05) is 6.20 Å². The van der Waals surface area contributed by atoms with E-state index in [1.54, 1.807) is 0 Å². The molecule has 2 rings (SSSR count). The van der Waals surface area contributed by atoms with Crippen LogP contribution in [0.1, 0.15) is 52.3 Å². The summed E-state index contributed by atoms with van der Waals surface area (Å²) in [5.74, 6) is 2.99. The van der Waals surface area contributed by atoms with Crippen molar-refractivity contribution < 1.29 is 0 Å². The van der Waals surface area contributed by atoms with Crippen LogP contribution >= 0.6 is 0 Å². The highest BCUT2D eigenvalue weighted by atomic mass is 15.1. The molecular weight excluding hydrogens is 234 g/mol. The molecule has 1 aromatic heterocycles. The number of rotatable bonds is 7. The van der Waals surface area contributed by atoms with E-state index in [9.17, 15) is 0 Å². The van der Waals surface area contributed by atoms with E-state index in [2.05, 4.69) is 41.8 Å². The van der Waals surface area contributed by atoms with Crippen molar-refractivity contribution in [2.24, 2.45) is 11.8 Å². The summed E-state index contributed by atoms with van der Waals surface area (Å²) in [6.07, 6.45) is 10.5. The Morgan fingerprint density at radius 2 is 2.26 bits per heavy atom. The van der Waals surface area contributed by atoms with E-state index in [0.717, 1.165) is 31.3 Å². The lowest BCUT2D eigenvalue weighted by Crippen LogP contribution is -2.38. The van der Waals surface area contributed by atoms with Crippen LogP contribution in [0.25, 0.3) is 0 Å². The second kappa shape index (κ2) is 7.09. The molecule has 1 heterocycles. The standard InChI is InChI=1S/C16H29N3/c1-4-8-17-15(14-7-6-13(3)11-14)12-16-18-9-10-19(16)5-2/h9-10,13-15,17H,4-8,11-12H2,1-3H3. The summed E-state index contributed by atoms with van der Waals surface area (Å²) in [5, 5.41) is 3.77. The molecular formula is C16H29N3. The minimum atomic E-state index is 0.609. The first kappa shape index (κ1) is 14.6. The van der Waals surface area contributed by atoms with Gasteiger partial charge < -0.3 is 9.88 Å². The number of imidazole rings is 1. The molecule has 1 saturated carbocycles. The zero-order chi connectivity index (χ0) is 13.7. The van der Waals surface area contributed by atoms with Crippen LogP contribution in [0.15, 0.2) is 12.4 Å². The third kappa shape index (κ3) is 3.82. The second-order valence-electron chi connectivity index (χ2n) is 6.07. The zero-order valence-corrected chi connectivity index (χ0v) is 12.7. The van der Waals surface area contributed by atoms with Crippen molar-refractivity contribution in [3.8, 4) is 0 Å². The van der Waals surface area contributed by atoms with Crippen molar-refractivity contribution in [2.75, 3.05) is 6.54 Å². The van der Waals surface area contributed by atoms with Crippen LogP contribution in [0, 0.1) is 11.8 Å². The Morgan fingerprint density at radius 3 is 2.89 bits per heavy atom. The fourth-order valence-electron chi connectivity index (χ4n) is 3.37. The lowest BCUT2D eigenvalue weighted by molar-refractivity contribution is 0.341. The summed E-state index contributed by atoms with van der Waals surface area (Å²) >= 11 is 0. The average Bonchev–Trinajstić information content (AvgIpc) is 3.02. The van der Waals surface area contributed by atoms with Crippen molar-refractivity contribution in [1.82, 2.24) is 14.9 Å². The number of aryl methyl sites for hydroxylation is 1. The van der Waals surface area contributed by atoms with Gasteiger partial charge in [-0.15, -0.1) is 0 Å². The van der Waals surface area contributed by atoms with Gasteiger partial charge in [-0.1, -0.05) is 20.3 Å². The Bertz CT molecular complexity index is 372. The van der Waals surface area contributed by atoms with Crippen LogP contribution in [-0.4, -0.2) is 22.1 Å². The quantitative estimate of drug-likeness (QED) is 0.818. The number of nitrogens with zero attached hydrogens (tertiary/aromatic N) is 2. The van der Waals surface area contributed by atoms with Crippen molar-refractivity contribution in [2.45, 2.75) is 65.5 Å². The highest BCUT2D eigenvalue weighted by Gasteiger charge is 2.29. The summed E-state index contributed by atoms with van der Waals surface area (Å²) < 4.78 is 2.28. The highest BCUT2D eigenvalue weighted by Crippen LogP contribution is 2.33. The molecule has 3 nitrogen and oxygen atoms in total. The Labute approximate surface area is 117 Å². The Kier molecular flexibility index (Phi) is 5.44. The Morgan fingerprint density at radius 1 is 1.42 bits per heavy atom. The third-order valence-corrected chi connectivity index (χ3v) is 4.51. The molecule has 0 saturated heterocycles. The number of hydrogen-bond acceptors (Lipinski definition) is 2. The molecule has 1 aliphatic carbocycles. The van der Waals surface area contributed by atoms with Gasteiger partial charge in [0.05, 0.1) is 0 Å². The molecule has 3 unspecified atom stereocenters. The van der Waals surface area contributed by atoms with E-state index >= 15 is 0 Å². The lowest BCUT2D eigenvalue weighted by Gasteiger charge is -2.25. The van der Waals surface area contributed by atoms with Crippen LogP contribution in [0.2, 0.25) is 0 Å². The zero-order valence-electron chi connectivity index (χ0n) is 12.7. The van der Waals surface area contributed by atoms with Crippen molar-refractivity contribution in [3.63, 3.8) is 0 Å². The molecule has 19 heavy (non-hydrogen) atoms. The van der Waals surface area contributed by atoms with Gasteiger partial charge in [-0.3, -0.25) is 0 Å². The molecule has 1 aromatic rings. The minimum absolute atomic E-state index is 0.609. The maximum Gasteiger partial charge on any atom is 0.110 e. The van der Waals surface area contributed by atoms with Crippen LogP contribution in [0.4, 0.5) is 0 Å². The summed E-state index contributed by atoms with van der Waals surface area (Å²) in [5.41, 5.74) is 0. The maximum absolute atomic E-state index is 4.55. The first-order valence-corrected chi connectivity index (χ1v) is 7.98. The Balaban J connectivity index is 2.01. The van der Waals surface area contributed by atoms with Gasteiger partial charge in [-0.25, -0.2) is 4.98 Å². The molecule has 0 aromatic carbocycles. The molecule has 3 heteroatoms. The van der Waals surface area contributed by atoms with Gasteiger partial charge in [0.2, 0.25) is 0 Å². The van der Waals surface area contributed by atoms with Crippen LogP contribution in [-0.2, 0) is 13.0 Å². The van der Waals surface area contributed by atoms with Gasteiger partial charge in [-0.05, 0) is 44.6 Å². The fraction of sp³-hybridized carbons (Fsp3) is 0.812. The molecule has 3 atom stereocenters. The van der Waals surface area contributed by atoms with Crippen molar-refractivity contribution in [1.29, 1.82) is 0 Å². The summed E-state index contributed by atoms with van der Waals surface area (Å²) in [4.78, 5) is 4.55. The van der Waals surface area contributed by atoms with Crippen LogP contribution < -0.4 is 5.32 Å². The molecule has 1 fully saturated rings. The van der Waals surface area contributed by atoms with E-state index in [-0.39, 0.29) is 0 Å². The molecule has 1 aliphatic rings. The molecule has 0 radical (unpaired) electrons. The van der Waals surface area contributed by atoms with Gasteiger partial charge in [-0.2, -0.15) is 0 Å². The van der Waals surface area contributed by atoms with Gasteiger partial charge >= 0.3 is 0 Å². The van der Waals surface area contributed by atoms with E-state index in [1.165, 1.54) is 31.5 Å². The first-order chi connectivity index (χ1) is 9.24. The van der Waals surface area contributed by atoms with Crippen molar-refractivity contribution >= 4 is 0 Å². The van der Waals surface area contributed by atoms with Crippen LogP contribution in [0.3, 0.4) is 0 Å². The topological polar surface area (TPSA) is 29.9 Å². The third-order valence-electron chi connectivity index (χ3n) is 4.51. The van der Waals surface area contributed by atoms with Gasteiger partial charge in [0.1, 0.15) is 5.82 Å². The second-order valence-corrected chi connectivity index (χ2v) is 6.07. The lowest BCUT2D eigenvalue weighted by atomic mass is 9.94. The predicted molar refractivity (Wildman–Crippen MR) is 80.2 cm³/mol. The molecule has 108 valence electrons. The fourth-order valence-corrected chi connectivity index (χ4v) is 3.37. The van der Waals surface area contributed by atoms with Gasteiger partial charge in [0.25, 0.3) is 0 Å². The van der Waals surface area contributed by atoms with Gasteiger partial charge in [0.15, 0.2) is 0 Å². The summed E-state index contributed by atoms with van der Waals surface area (Å²) in [7, 11) is 0. The molecule has 0 aliphatic heterocycles. The average molecular weight is 263 g/mol. The number of hydrogen-bond donors (Lipinski definition) is 1. The monoisotopic (exact) mass is 263 g/mol.